The van der Waals surface area contributed by atoms with Crippen LogP contribution in [0.2, 0.25) is 0 Å². The SMILES string of the molecule is Cc1cc2nc(C)c(CCC(=O)OCC(=O)N3CCCc4ccccc43)c(C)n2n1. The Hall–Kier alpha value is -3.22. The number of fused-ring (bicyclic) bond motifs is 2. The van der Waals surface area contributed by atoms with Gasteiger partial charge in [0.2, 0.25) is 0 Å². The Morgan fingerprint density at radius 2 is 1.97 bits per heavy atom. The van der Waals surface area contributed by atoms with Gasteiger partial charge in [0.05, 0.1) is 5.69 Å². The third-order valence-corrected chi connectivity index (χ3v) is 5.63. The molecule has 3 heterocycles. The molecule has 1 amide bonds. The quantitative estimate of drug-likeness (QED) is 0.609. The number of esters is 1. The molecule has 2 aromatic heterocycles. The lowest BCUT2D eigenvalue weighted by Gasteiger charge is -2.29. The van der Waals surface area contributed by atoms with Gasteiger partial charge in [-0.3, -0.25) is 9.59 Å². The second-order valence-electron chi connectivity index (χ2n) is 7.76. The summed E-state index contributed by atoms with van der Waals surface area (Å²) in [7, 11) is 0. The molecule has 0 aliphatic carbocycles. The summed E-state index contributed by atoms with van der Waals surface area (Å²) in [4.78, 5) is 31.2. The molecule has 0 N–H and O–H groups in total. The van der Waals surface area contributed by atoms with E-state index in [0.717, 1.165) is 52.4 Å². The molecule has 0 fully saturated rings. The first kappa shape index (κ1) is 20.1. The predicted molar refractivity (Wildman–Crippen MR) is 114 cm³/mol. The number of para-hydroxylation sites is 1. The van der Waals surface area contributed by atoms with Crippen molar-refractivity contribution in [2.75, 3.05) is 18.1 Å². The van der Waals surface area contributed by atoms with Gasteiger partial charge >= 0.3 is 5.97 Å². The number of nitrogens with zero attached hydrogens (tertiary/aromatic N) is 4. The molecule has 7 nitrogen and oxygen atoms in total. The van der Waals surface area contributed by atoms with Gasteiger partial charge in [-0.25, -0.2) is 9.50 Å². The number of aromatic nitrogens is 3. The average molecular weight is 406 g/mol. The molecule has 0 spiro atoms. The molecule has 156 valence electrons. The highest BCUT2D eigenvalue weighted by atomic mass is 16.5. The minimum absolute atomic E-state index is 0.182. The summed E-state index contributed by atoms with van der Waals surface area (Å²) in [6.45, 7) is 6.26. The molecule has 0 radical (unpaired) electrons. The van der Waals surface area contributed by atoms with Crippen LogP contribution in [0.1, 0.15) is 41.1 Å². The Kier molecular flexibility index (Phi) is 5.53. The molecular formula is C23H26N4O3. The maximum absolute atomic E-state index is 12.6. The first-order chi connectivity index (χ1) is 14.4. The molecule has 0 unspecified atom stereocenters. The van der Waals surface area contributed by atoms with E-state index in [-0.39, 0.29) is 24.9 Å². The molecule has 7 heteroatoms. The third-order valence-electron chi connectivity index (χ3n) is 5.63. The van der Waals surface area contributed by atoms with Crippen molar-refractivity contribution in [2.24, 2.45) is 0 Å². The first-order valence-electron chi connectivity index (χ1n) is 10.3. The van der Waals surface area contributed by atoms with Gasteiger partial charge in [0.1, 0.15) is 0 Å². The van der Waals surface area contributed by atoms with Crippen LogP contribution in [-0.4, -0.2) is 39.6 Å². The van der Waals surface area contributed by atoms with Crippen LogP contribution in [0.5, 0.6) is 0 Å². The first-order valence-corrected chi connectivity index (χ1v) is 10.3. The Bertz CT molecular complexity index is 1120. The van der Waals surface area contributed by atoms with E-state index in [2.05, 4.69) is 10.1 Å². The van der Waals surface area contributed by atoms with E-state index in [1.807, 2.05) is 51.1 Å². The Morgan fingerprint density at radius 1 is 1.17 bits per heavy atom. The smallest absolute Gasteiger partial charge is 0.306 e. The number of ether oxygens (including phenoxy) is 1. The van der Waals surface area contributed by atoms with Crippen LogP contribution >= 0.6 is 0 Å². The number of amides is 1. The fourth-order valence-corrected chi connectivity index (χ4v) is 4.12. The van der Waals surface area contributed by atoms with Crippen LogP contribution < -0.4 is 4.90 Å². The molecule has 1 aliphatic heterocycles. The lowest BCUT2D eigenvalue weighted by molar-refractivity contribution is -0.147. The fraction of sp³-hybridized carbons (Fsp3) is 0.391. The summed E-state index contributed by atoms with van der Waals surface area (Å²) in [6, 6.07) is 9.82. The van der Waals surface area contributed by atoms with Gasteiger partial charge in [0.25, 0.3) is 5.91 Å². The van der Waals surface area contributed by atoms with Gasteiger partial charge in [-0.15, -0.1) is 0 Å². The molecule has 0 bridgehead atoms. The molecule has 0 saturated carbocycles. The normalized spacial score (nSPS) is 13.4. The van der Waals surface area contributed by atoms with Crippen molar-refractivity contribution in [2.45, 2.75) is 46.5 Å². The minimum Gasteiger partial charge on any atom is -0.456 e. The zero-order chi connectivity index (χ0) is 21.3. The number of anilines is 1. The van der Waals surface area contributed by atoms with Crippen LogP contribution in [0.3, 0.4) is 0 Å². The van der Waals surface area contributed by atoms with Crippen molar-refractivity contribution < 1.29 is 14.3 Å². The van der Waals surface area contributed by atoms with Gasteiger partial charge < -0.3 is 9.64 Å². The van der Waals surface area contributed by atoms with Crippen LogP contribution in [-0.2, 0) is 27.2 Å². The number of carbonyl (C=O) groups is 2. The van der Waals surface area contributed by atoms with Gasteiger partial charge in [0.15, 0.2) is 12.3 Å². The second kappa shape index (κ2) is 8.26. The van der Waals surface area contributed by atoms with E-state index < -0.39 is 0 Å². The monoisotopic (exact) mass is 406 g/mol. The Labute approximate surface area is 175 Å². The number of aryl methyl sites for hydroxylation is 4. The lowest BCUT2D eigenvalue weighted by atomic mass is 10.0. The summed E-state index contributed by atoms with van der Waals surface area (Å²) in [5.74, 6) is -0.567. The zero-order valence-corrected chi connectivity index (χ0v) is 17.6. The Balaban J connectivity index is 1.36. The minimum atomic E-state index is -0.385. The molecule has 0 atom stereocenters. The van der Waals surface area contributed by atoms with Gasteiger partial charge in [-0.2, -0.15) is 5.10 Å². The zero-order valence-electron chi connectivity index (χ0n) is 17.6. The van der Waals surface area contributed by atoms with Gasteiger partial charge in [-0.1, -0.05) is 18.2 Å². The molecule has 4 rings (SSSR count). The highest BCUT2D eigenvalue weighted by molar-refractivity contribution is 5.96. The van der Waals surface area contributed by atoms with Crippen molar-refractivity contribution >= 4 is 23.2 Å². The largest absolute Gasteiger partial charge is 0.456 e. The molecule has 1 aromatic carbocycles. The summed E-state index contributed by atoms with van der Waals surface area (Å²) in [5, 5.41) is 4.46. The summed E-state index contributed by atoms with van der Waals surface area (Å²) in [5.41, 5.74) is 6.63. The lowest BCUT2D eigenvalue weighted by Crippen LogP contribution is -2.38. The molecular weight excluding hydrogens is 380 g/mol. The number of hydrogen-bond acceptors (Lipinski definition) is 5. The average Bonchev–Trinajstić information content (AvgIpc) is 3.11. The molecule has 30 heavy (non-hydrogen) atoms. The highest BCUT2D eigenvalue weighted by Crippen LogP contribution is 2.26. The molecule has 0 saturated heterocycles. The number of benzene rings is 1. The maximum atomic E-state index is 12.6. The standard InChI is InChI=1S/C23H26N4O3/c1-15-13-21-24-16(2)19(17(3)27(21)25-15)10-11-23(29)30-14-22(28)26-12-6-8-18-7-4-5-9-20(18)26/h4-5,7,9,13H,6,8,10-12,14H2,1-3H3. The summed E-state index contributed by atoms with van der Waals surface area (Å²) < 4.78 is 7.10. The number of carbonyl (C=O) groups excluding carboxylic acids is 2. The second-order valence-corrected chi connectivity index (χ2v) is 7.76. The molecule has 3 aromatic rings. The van der Waals surface area contributed by atoms with Crippen LogP contribution in [0.4, 0.5) is 5.69 Å². The highest BCUT2D eigenvalue weighted by Gasteiger charge is 2.23. The van der Waals surface area contributed by atoms with E-state index >= 15 is 0 Å². The fourth-order valence-electron chi connectivity index (χ4n) is 4.12. The van der Waals surface area contributed by atoms with E-state index in [1.165, 1.54) is 0 Å². The van der Waals surface area contributed by atoms with Crippen molar-refractivity contribution in [3.05, 3.63) is 58.5 Å². The maximum Gasteiger partial charge on any atom is 0.306 e. The topological polar surface area (TPSA) is 76.8 Å². The van der Waals surface area contributed by atoms with E-state index in [0.29, 0.717) is 13.0 Å². The van der Waals surface area contributed by atoms with Crippen molar-refractivity contribution in [1.29, 1.82) is 0 Å². The predicted octanol–water partition coefficient (Wildman–Crippen LogP) is 3.11. The van der Waals surface area contributed by atoms with E-state index in [1.54, 1.807) is 9.42 Å². The molecule has 1 aliphatic rings. The van der Waals surface area contributed by atoms with Crippen molar-refractivity contribution in [3.63, 3.8) is 0 Å². The van der Waals surface area contributed by atoms with Crippen LogP contribution in [0, 0.1) is 20.8 Å². The van der Waals surface area contributed by atoms with Gasteiger partial charge in [-0.05, 0) is 57.2 Å². The third kappa shape index (κ3) is 3.92. The van der Waals surface area contributed by atoms with E-state index in [9.17, 15) is 9.59 Å². The summed E-state index contributed by atoms with van der Waals surface area (Å²) >= 11 is 0. The van der Waals surface area contributed by atoms with E-state index in [4.69, 9.17) is 4.74 Å². The number of hydrogen-bond donors (Lipinski definition) is 0. The van der Waals surface area contributed by atoms with Crippen molar-refractivity contribution in [1.82, 2.24) is 14.6 Å². The van der Waals surface area contributed by atoms with Crippen LogP contribution in [0.25, 0.3) is 5.65 Å². The summed E-state index contributed by atoms with van der Waals surface area (Å²) in [6.07, 6.45) is 2.57. The van der Waals surface area contributed by atoms with Crippen LogP contribution in [0.15, 0.2) is 30.3 Å². The number of rotatable bonds is 5. The van der Waals surface area contributed by atoms with Gasteiger partial charge in [0, 0.05) is 36.1 Å². The van der Waals surface area contributed by atoms with Crippen molar-refractivity contribution in [3.8, 4) is 0 Å². The Morgan fingerprint density at radius 3 is 2.80 bits per heavy atom.